The van der Waals surface area contributed by atoms with Crippen molar-refractivity contribution in [2.75, 3.05) is 7.11 Å². The van der Waals surface area contributed by atoms with E-state index in [9.17, 15) is 4.79 Å². The first-order valence-corrected chi connectivity index (χ1v) is 11.0. The number of hydrogen-bond acceptors (Lipinski definition) is 7. The first-order chi connectivity index (χ1) is 16.5. The normalized spacial score (nSPS) is 11.2. The summed E-state index contributed by atoms with van der Waals surface area (Å²) >= 11 is 12.5. The van der Waals surface area contributed by atoms with Crippen LogP contribution in [0.2, 0.25) is 10.0 Å². The van der Waals surface area contributed by atoms with E-state index < -0.39 is 5.78 Å². The Bertz CT molecular complexity index is 1530. The fourth-order valence-electron chi connectivity index (χ4n) is 3.86. The zero-order valence-corrected chi connectivity index (χ0v) is 19.6. The number of carbonyl (C=O) groups is 1. The third kappa shape index (κ3) is 3.91. The molecule has 0 saturated heterocycles. The Hall–Kier alpha value is -3.75. The molecule has 3 heterocycles. The summed E-state index contributed by atoms with van der Waals surface area (Å²) in [6.07, 6.45) is 3.01. The van der Waals surface area contributed by atoms with Gasteiger partial charge in [-0.3, -0.25) is 4.79 Å². The van der Waals surface area contributed by atoms with Crippen molar-refractivity contribution in [2.24, 2.45) is 0 Å². The van der Waals surface area contributed by atoms with Gasteiger partial charge in [-0.2, -0.15) is 15.2 Å². The van der Waals surface area contributed by atoms with E-state index in [0.29, 0.717) is 38.9 Å². The van der Waals surface area contributed by atoms with E-state index >= 15 is 0 Å². The minimum absolute atomic E-state index is 0.124. The van der Waals surface area contributed by atoms with Gasteiger partial charge in [0.2, 0.25) is 5.82 Å². The minimum atomic E-state index is -0.391. The lowest BCUT2D eigenvalue weighted by Gasteiger charge is -2.11. The number of benzene rings is 2. The summed E-state index contributed by atoms with van der Waals surface area (Å²) < 4.78 is 12.7. The third-order valence-electron chi connectivity index (χ3n) is 5.56. The maximum Gasteiger partial charge on any atom is 0.299 e. The van der Waals surface area contributed by atoms with E-state index in [-0.39, 0.29) is 11.7 Å². The molecule has 0 atom stereocenters. The molecule has 10 heteroatoms. The minimum Gasteiger partial charge on any atom is -0.497 e. The van der Waals surface area contributed by atoms with Gasteiger partial charge in [-0.15, -0.1) is 0 Å². The van der Waals surface area contributed by atoms with Crippen LogP contribution in [0.5, 0.6) is 5.75 Å². The Morgan fingerprint density at radius 1 is 1.12 bits per heavy atom. The van der Waals surface area contributed by atoms with E-state index in [1.807, 2.05) is 35.8 Å². The molecule has 3 aromatic heterocycles. The van der Waals surface area contributed by atoms with Gasteiger partial charge in [0.05, 0.1) is 25.1 Å². The maximum atomic E-state index is 13.6. The quantitative estimate of drug-likeness (QED) is 0.292. The number of halogens is 2. The van der Waals surface area contributed by atoms with Crippen molar-refractivity contribution in [3.05, 3.63) is 87.6 Å². The summed E-state index contributed by atoms with van der Waals surface area (Å²) in [5.41, 5.74) is 3.47. The summed E-state index contributed by atoms with van der Waals surface area (Å²) in [4.78, 5) is 17.9. The molecule has 0 aliphatic carbocycles. The number of ether oxygens (including phenoxy) is 1. The van der Waals surface area contributed by atoms with Gasteiger partial charge in [0.25, 0.3) is 11.7 Å². The fourth-order valence-corrected chi connectivity index (χ4v) is 4.33. The van der Waals surface area contributed by atoms with Crippen LogP contribution in [0.1, 0.15) is 27.5 Å². The molecule has 0 spiro atoms. The lowest BCUT2D eigenvalue weighted by atomic mass is 10.1. The van der Waals surface area contributed by atoms with Crippen molar-refractivity contribution in [1.82, 2.24) is 24.9 Å². The third-order valence-corrected chi connectivity index (χ3v) is 6.15. The maximum absolute atomic E-state index is 13.6. The van der Waals surface area contributed by atoms with Gasteiger partial charge in [-0.05, 0) is 48.9 Å². The van der Waals surface area contributed by atoms with Crippen LogP contribution in [0.4, 0.5) is 0 Å². The smallest absolute Gasteiger partial charge is 0.299 e. The van der Waals surface area contributed by atoms with Gasteiger partial charge in [-0.1, -0.05) is 34.4 Å². The zero-order chi connectivity index (χ0) is 23.8. The molecular formula is C24H17Cl2N5O3. The summed E-state index contributed by atoms with van der Waals surface area (Å²) in [5, 5.41) is 13.3. The Kier molecular flexibility index (Phi) is 5.77. The molecule has 34 heavy (non-hydrogen) atoms. The number of methoxy groups -OCH3 is 1. The van der Waals surface area contributed by atoms with Gasteiger partial charge in [0.1, 0.15) is 5.75 Å². The molecule has 0 unspecified atom stereocenters. The molecule has 0 aliphatic heterocycles. The fraction of sp³-hybridized carbons (Fsp3) is 0.125. The Balaban J connectivity index is 1.62. The largest absolute Gasteiger partial charge is 0.497 e. The van der Waals surface area contributed by atoms with Gasteiger partial charge in [-0.25, -0.2) is 0 Å². The van der Waals surface area contributed by atoms with E-state index in [1.165, 1.54) is 12.4 Å². The van der Waals surface area contributed by atoms with Crippen molar-refractivity contribution in [1.29, 1.82) is 0 Å². The van der Waals surface area contributed by atoms with Crippen molar-refractivity contribution in [2.45, 2.75) is 13.5 Å². The highest BCUT2D eigenvalue weighted by Gasteiger charge is 2.26. The molecule has 5 rings (SSSR count). The van der Waals surface area contributed by atoms with Crippen LogP contribution in [-0.2, 0) is 6.54 Å². The van der Waals surface area contributed by atoms with Crippen molar-refractivity contribution in [3.8, 4) is 17.1 Å². The predicted molar refractivity (Wildman–Crippen MR) is 128 cm³/mol. The molecule has 0 N–H and O–H groups in total. The second-order valence-electron chi connectivity index (χ2n) is 7.55. The predicted octanol–water partition coefficient (Wildman–Crippen LogP) is 5.38. The van der Waals surface area contributed by atoms with Crippen LogP contribution in [-0.4, -0.2) is 37.8 Å². The molecule has 0 radical (unpaired) electrons. The molecule has 0 amide bonds. The van der Waals surface area contributed by atoms with Crippen molar-refractivity contribution in [3.63, 3.8) is 0 Å². The van der Waals surface area contributed by atoms with Gasteiger partial charge < -0.3 is 13.8 Å². The molecule has 0 bridgehead atoms. The summed E-state index contributed by atoms with van der Waals surface area (Å²) in [7, 11) is 1.58. The van der Waals surface area contributed by atoms with Crippen LogP contribution in [0.3, 0.4) is 0 Å². The van der Waals surface area contributed by atoms with Crippen LogP contribution in [0.25, 0.3) is 22.3 Å². The van der Waals surface area contributed by atoms with Crippen LogP contribution < -0.4 is 4.74 Å². The van der Waals surface area contributed by atoms with Crippen LogP contribution >= 0.6 is 23.2 Å². The molecule has 2 aromatic carbocycles. The Morgan fingerprint density at radius 3 is 2.71 bits per heavy atom. The summed E-state index contributed by atoms with van der Waals surface area (Å²) in [6.45, 7) is 2.31. The van der Waals surface area contributed by atoms with E-state index in [1.54, 1.807) is 25.3 Å². The van der Waals surface area contributed by atoms with Gasteiger partial charge in [0, 0.05) is 38.8 Å². The molecule has 170 valence electrons. The van der Waals surface area contributed by atoms with E-state index in [0.717, 1.165) is 16.8 Å². The highest BCUT2D eigenvalue weighted by atomic mass is 35.5. The zero-order valence-electron chi connectivity index (χ0n) is 18.1. The van der Waals surface area contributed by atoms with E-state index in [4.69, 9.17) is 32.5 Å². The number of aromatic nitrogens is 5. The number of carbonyl (C=O) groups excluding carboxylic acids is 1. The topological polar surface area (TPSA) is 95.9 Å². The second kappa shape index (κ2) is 8.89. The Labute approximate surface area is 204 Å². The standard InChI is InChI=1S/C24H17Cl2N5O3/c1-13-21(22(32)24-29-23(30-34-24)14-7-8-27-28-11-14)18-10-17(33-2)5-6-20(18)31(13)12-15-3-4-16(25)9-19(15)26/h3-11H,12H2,1-2H3. The highest BCUT2D eigenvalue weighted by Crippen LogP contribution is 2.33. The second-order valence-corrected chi connectivity index (χ2v) is 8.39. The van der Waals surface area contributed by atoms with Gasteiger partial charge in [0.15, 0.2) is 0 Å². The number of ketones is 1. The molecule has 8 nitrogen and oxygen atoms in total. The first kappa shape index (κ1) is 22.1. The van der Waals surface area contributed by atoms with Crippen LogP contribution in [0.15, 0.2) is 59.4 Å². The lowest BCUT2D eigenvalue weighted by Crippen LogP contribution is -2.07. The molecular weight excluding hydrogens is 477 g/mol. The average Bonchev–Trinajstić information content (AvgIpc) is 3.44. The molecule has 0 saturated carbocycles. The van der Waals surface area contributed by atoms with Gasteiger partial charge >= 0.3 is 0 Å². The molecule has 0 aliphatic rings. The summed E-state index contributed by atoms with van der Waals surface area (Å²) in [6, 6.07) is 12.6. The lowest BCUT2D eigenvalue weighted by molar-refractivity contribution is 0.0994. The highest BCUT2D eigenvalue weighted by molar-refractivity contribution is 6.35. The number of rotatable bonds is 6. The SMILES string of the molecule is COc1ccc2c(c1)c(C(=O)c1nc(-c3ccnnc3)no1)c(C)n2Cc1ccc(Cl)cc1Cl. The number of hydrogen-bond donors (Lipinski definition) is 0. The Morgan fingerprint density at radius 2 is 1.97 bits per heavy atom. The summed E-state index contributed by atoms with van der Waals surface area (Å²) in [5.74, 6) is 0.362. The van der Waals surface area contributed by atoms with Crippen LogP contribution in [0, 0.1) is 6.92 Å². The monoisotopic (exact) mass is 493 g/mol. The average molecular weight is 494 g/mol. The number of fused-ring (bicyclic) bond motifs is 1. The van der Waals surface area contributed by atoms with E-state index in [2.05, 4.69) is 20.3 Å². The number of nitrogens with zero attached hydrogens (tertiary/aromatic N) is 5. The first-order valence-electron chi connectivity index (χ1n) is 10.2. The molecule has 5 aromatic rings. The van der Waals surface area contributed by atoms with Crippen molar-refractivity contribution >= 4 is 39.9 Å². The molecule has 0 fully saturated rings. The van der Waals surface area contributed by atoms with Crippen molar-refractivity contribution < 1.29 is 14.1 Å².